The minimum atomic E-state index is -3.67. The van der Waals surface area contributed by atoms with Gasteiger partial charge in [0.25, 0.3) is 0 Å². The molecule has 22 heavy (non-hydrogen) atoms. The Labute approximate surface area is 129 Å². The third-order valence-corrected chi connectivity index (χ3v) is 4.40. The summed E-state index contributed by atoms with van der Waals surface area (Å²) in [7, 11) is -3.67. The van der Waals surface area contributed by atoms with Gasteiger partial charge >= 0.3 is 0 Å². The Morgan fingerprint density at radius 3 is 2.18 bits per heavy atom. The van der Waals surface area contributed by atoms with Crippen molar-refractivity contribution in [3.63, 3.8) is 0 Å². The second kappa shape index (κ2) is 5.40. The molecular formula is C16H15N3O2S. The third-order valence-electron chi connectivity index (χ3n) is 3.48. The lowest BCUT2D eigenvalue weighted by molar-refractivity contribution is 0.598. The van der Waals surface area contributed by atoms with Crippen LogP contribution in [0.25, 0.3) is 16.9 Å². The van der Waals surface area contributed by atoms with Crippen molar-refractivity contribution >= 4 is 10.0 Å². The van der Waals surface area contributed by atoms with E-state index in [2.05, 4.69) is 9.55 Å². The maximum Gasteiger partial charge on any atom is 0.238 e. The number of nitrogens with two attached hydrogens (primary N) is 1. The first-order chi connectivity index (χ1) is 10.5. The van der Waals surface area contributed by atoms with Crippen molar-refractivity contribution in [3.8, 4) is 16.9 Å². The Kier molecular flexibility index (Phi) is 3.56. The van der Waals surface area contributed by atoms with Gasteiger partial charge in [0.15, 0.2) is 0 Å². The van der Waals surface area contributed by atoms with Crippen LogP contribution >= 0.6 is 0 Å². The van der Waals surface area contributed by atoms with E-state index in [0.717, 1.165) is 22.6 Å². The van der Waals surface area contributed by atoms with Gasteiger partial charge in [-0.25, -0.2) is 13.6 Å². The van der Waals surface area contributed by atoms with Gasteiger partial charge in [0.1, 0.15) is 0 Å². The molecule has 3 rings (SSSR count). The predicted octanol–water partition coefficient (Wildman–Crippen LogP) is 2.50. The molecule has 0 saturated carbocycles. The van der Waals surface area contributed by atoms with Crippen molar-refractivity contribution in [2.24, 2.45) is 5.14 Å². The van der Waals surface area contributed by atoms with Crippen molar-refractivity contribution in [3.05, 3.63) is 66.6 Å². The monoisotopic (exact) mass is 313 g/mol. The van der Waals surface area contributed by atoms with Gasteiger partial charge in [0.05, 0.1) is 10.6 Å². The molecule has 2 N–H and O–H groups in total. The predicted molar refractivity (Wildman–Crippen MR) is 85.1 cm³/mol. The van der Waals surface area contributed by atoms with Crippen LogP contribution in [-0.4, -0.2) is 18.0 Å². The van der Waals surface area contributed by atoms with Crippen LogP contribution in [0.2, 0.25) is 0 Å². The van der Waals surface area contributed by atoms with E-state index in [1.54, 1.807) is 24.5 Å². The molecule has 0 saturated heterocycles. The average molecular weight is 313 g/mol. The van der Waals surface area contributed by atoms with E-state index in [1.807, 2.05) is 31.2 Å². The maximum absolute atomic E-state index is 11.3. The summed E-state index contributed by atoms with van der Waals surface area (Å²) in [5.74, 6) is 0. The summed E-state index contributed by atoms with van der Waals surface area (Å²) in [5.41, 5.74) is 3.97. The van der Waals surface area contributed by atoms with Crippen molar-refractivity contribution in [1.82, 2.24) is 9.55 Å². The number of hydrogen-bond donors (Lipinski definition) is 1. The Morgan fingerprint density at radius 2 is 1.59 bits per heavy atom. The van der Waals surface area contributed by atoms with Crippen LogP contribution in [0.1, 0.15) is 5.69 Å². The van der Waals surface area contributed by atoms with Crippen molar-refractivity contribution in [1.29, 1.82) is 0 Å². The fourth-order valence-corrected chi connectivity index (χ4v) is 2.93. The molecule has 1 aromatic carbocycles. The van der Waals surface area contributed by atoms with E-state index >= 15 is 0 Å². The molecule has 2 heterocycles. The van der Waals surface area contributed by atoms with E-state index in [9.17, 15) is 8.42 Å². The topological polar surface area (TPSA) is 78.0 Å². The summed E-state index contributed by atoms with van der Waals surface area (Å²) in [5, 5.41) is 5.13. The Hall–Kier alpha value is -2.44. The van der Waals surface area contributed by atoms with Crippen LogP contribution in [0.3, 0.4) is 0 Å². The van der Waals surface area contributed by atoms with Crippen LogP contribution in [0.5, 0.6) is 0 Å². The first kappa shape index (κ1) is 14.5. The van der Waals surface area contributed by atoms with Gasteiger partial charge in [-0.2, -0.15) is 0 Å². The molecule has 6 heteroatoms. The van der Waals surface area contributed by atoms with Crippen LogP contribution in [-0.2, 0) is 10.0 Å². The fourth-order valence-electron chi connectivity index (χ4n) is 2.42. The summed E-state index contributed by atoms with van der Waals surface area (Å²) in [4.78, 5) is 4.14. The van der Waals surface area contributed by atoms with E-state index in [4.69, 9.17) is 5.14 Å². The molecule has 0 unspecified atom stereocenters. The number of benzene rings is 1. The van der Waals surface area contributed by atoms with Crippen LogP contribution in [0.15, 0.2) is 65.8 Å². The zero-order valence-corrected chi connectivity index (χ0v) is 12.8. The zero-order chi connectivity index (χ0) is 15.7. The highest BCUT2D eigenvalue weighted by atomic mass is 32.2. The first-order valence-electron chi connectivity index (χ1n) is 6.69. The molecule has 2 aromatic heterocycles. The molecule has 0 aliphatic heterocycles. The lowest BCUT2D eigenvalue weighted by Gasteiger charge is -2.12. The molecule has 0 atom stereocenters. The summed E-state index contributed by atoms with van der Waals surface area (Å²) in [6.07, 6.45) is 3.48. The van der Waals surface area contributed by atoms with Gasteiger partial charge in [0, 0.05) is 23.8 Å². The lowest BCUT2D eigenvalue weighted by atomic mass is 10.1. The number of pyridine rings is 1. The molecule has 5 nitrogen and oxygen atoms in total. The second-order valence-electron chi connectivity index (χ2n) is 4.97. The Bertz CT molecular complexity index is 898. The van der Waals surface area contributed by atoms with E-state index < -0.39 is 10.0 Å². The molecule has 0 radical (unpaired) electrons. The van der Waals surface area contributed by atoms with Crippen molar-refractivity contribution in [2.45, 2.75) is 11.8 Å². The minimum Gasteiger partial charge on any atom is -0.314 e. The minimum absolute atomic E-state index is 0.106. The first-order valence-corrected chi connectivity index (χ1v) is 8.23. The van der Waals surface area contributed by atoms with E-state index in [-0.39, 0.29) is 4.90 Å². The number of hydrogen-bond acceptors (Lipinski definition) is 3. The summed E-state index contributed by atoms with van der Waals surface area (Å²) >= 11 is 0. The molecule has 112 valence electrons. The second-order valence-corrected chi connectivity index (χ2v) is 6.53. The summed E-state index contributed by atoms with van der Waals surface area (Å²) in [6.45, 7) is 2.02. The molecule has 0 bridgehead atoms. The standard InChI is InChI=1S/C16H15N3O2S/c1-12-2-7-16(19(12)14-8-10-18-11-9-14)13-3-5-15(6-4-13)22(17,20)21/h2-11H,1H3,(H2,17,20,21). The van der Waals surface area contributed by atoms with Crippen molar-refractivity contribution < 1.29 is 8.42 Å². The largest absolute Gasteiger partial charge is 0.314 e. The number of nitrogens with zero attached hydrogens (tertiary/aromatic N) is 2. The number of aromatic nitrogens is 2. The summed E-state index contributed by atoms with van der Waals surface area (Å²) < 4.78 is 24.8. The van der Waals surface area contributed by atoms with Crippen LogP contribution in [0, 0.1) is 6.92 Å². The molecule has 0 fully saturated rings. The molecule has 0 amide bonds. The molecule has 0 aliphatic rings. The molecular weight excluding hydrogens is 298 g/mol. The van der Waals surface area contributed by atoms with Gasteiger partial charge in [-0.3, -0.25) is 4.98 Å². The summed E-state index contributed by atoms with van der Waals surface area (Å²) in [6, 6.07) is 14.4. The van der Waals surface area contributed by atoms with Crippen molar-refractivity contribution in [2.75, 3.05) is 0 Å². The Balaban J connectivity index is 2.11. The normalized spacial score (nSPS) is 11.5. The highest BCUT2D eigenvalue weighted by Crippen LogP contribution is 2.26. The van der Waals surface area contributed by atoms with Gasteiger partial charge in [-0.05, 0) is 48.9 Å². The number of rotatable bonds is 3. The number of sulfonamides is 1. The van der Waals surface area contributed by atoms with Gasteiger partial charge < -0.3 is 4.57 Å². The average Bonchev–Trinajstić information content (AvgIpc) is 2.89. The van der Waals surface area contributed by atoms with Crippen LogP contribution < -0.4 is 5.14 Å². The van der Waals surface area contributed by atoms with Gasteiger partial charge in [-0.1, -0.05) is 12.1 Å². The van der Waals surface area contributed by atoms with Gasteiger partial charge in [0.2, 0.25) is 10.0 Å². The maximum atomic E-state index is 11.3. The lowest BCUT2D eigenvalue weighted by Crippen LogP contribution is -2.11. The number of aryl methyl sites for hydroxylation is 1. The fraction of sp³-hybridized carbons (Fsp3) is 0.0625. The van der Waals surface area contributed by atoms with Gasteiger partial charge in [-0.15, -0.1) is 0 Å². The Morgan fingerprint density at radius 1 is 0.955 bits per heavy atom. The number of primary sulfonamides is 1. The SMILES string of the molecule is Cc1ccc(-c2ccc(S(N)(=O)=O)cc2)n1-c1ccncc1. The zero-order valence-electron chi connectivity index (χ0n) is 12.0. The van der Waals surface area contributed by atoms with E-state index in [1.165, 1.54) is 12.1 Å². The third kappa shape index (κ3) is 2.66. The molecule has 0 spiro atoms. The smallest absolute Gasteiger partial charge is 0.238 e. The highest BCUT2D eigenvalue weighted by Gasteiger charge is 2.11. The highest BCUT2D eigenvalue weighted by molar-refractivity contribution is 7.89. The van der Waals surface area contributed by atoms with Crippen LogP contribution in [0.4, 0.5) is 0 Å². The quantitative estimate of drug-likeness (QED) is 0.807. The molecule has 3 aromatic rings. The molecule has 0 aliphatic carbocycles. The van der Waals surface area contributed by atoms with E-state index in [0.29, 0.717) is 0 Å².